The Bertz CT molecular complexity index is 1690. The fraction of sp³-hybridized carbons (Fsp3) is 0.0714. The van der Waals surface area contributed by atoms with Crippen molar-refractivity contribution < 1.29 is 13.8 Å². The summed E-state index contributed by atoms with van der Waals surface area (Å²) < 4.78 is 13.9. The molecule has 2 aliphatic heterocycles. The Labute approximate surface area is 218 Å². The van der Waals surface area contributed by atoms with E-state index >= 15 is 0 Å². The van der Waals surface area contributed by atoms with Crippen molar-refractivity contribution in [1.29, 1.82) is 0 Å². The quantitative estimate of drug-likeness (QED) is 0.377. The van der Waals surface area contributed by atoms with Gasteiger partial charge >= 0.3 is 0 Å². The van der Waals surface area contributed by atoms with Crippen molar-refractivity contribution in [2.75, 3.05) is 11.5 Å². The smallest absolute Gasteiger partial charge is 0.281 e. The van der Waals surface area contributed by atoms with Gasteiger partial charge < -0.3 is 11.5 Å². The van der Waals surface area contributed by atoms with E-state index in [4.69, 9.17) is 11.5 Å². The third-order valence-corrected chi connectivity index (χ3v) is 7.67. The maximum atomic E-state index is 14.1. The van der Waals surface area contributed by atoms with Gasteiger partial charge in [-0.25, -0.2) is 24.2 Å². The Morgan fingerprint density at radius 2 is 0.816 bits per heavy atom. The molecule has 0 radical (unpaired) electrons. The second-order valence-electron chi connectivity index (χ2n) is 8.86. The monoisotopic (exact) mass is 520 g/mol. The predicted molar refractivity (Wildman–Crippen MR) is 141 cm³/mol. The first kappa shape index (κ1) is 23.6. The van der Waals surface area contributed by atoms with Crippen LogP contribution >= 0.6 is 0 Å². The summed E-state index contributed by atoms with van der Waals surface area (Å²) in [5, 5.41) is -0.230. The van der Waals surface area contributed by atoms with Gasteiger partial charge in [0.15, 0.2) is 10.8 Å². The average molecular weight is 521 g/mol. The van der Waals surface area contributed by atoms with Crippen LogP contribution in [-0.4, -0.2) is 14.4 Å². The van der Waals surface area contributed by atoms with Crippen molar-refractivity contribution in [1.82, 2.24) is 0 Å². The summed E-state index contributed by atoms with van der Waals surface area (Å²) in [7, 11) is -2.77. The lowest BCUT2D eigenvalue weighted by molar-refractivity contribution is -0.118. The zero-order valence-corrected chi connectivity index (χ0v) is 20.6. The van der Waals surface area contributed by atoms with Crippen LogP contribution in [0.2, 0.25) is 0 Å². The fourth-order valence-corrected chi connectivity index (χ4v) is 5.61. The number of rotatable bonds is 4. The molecule has 4 N–H and O–H groups in total. The molecule has 4 aromatic carbocycles. The minimum atomic E-state index is -2.77. The molecule has 0 saturated carbocycles. The Hall–Kier alpha value is -4.83. The topological polar surface area (TPSA) is 153 Å². The second kappa shape index (κ2) is 8.63. The lowest BCUT2D eigenvalue weighted by Crippen LogP contribution is -2.43. The fourth-order valence-electron chi connectivity index (χ4n) is 4.50. The van der Waals surface area contributed by atoms with Gasteiger partial charge in [-0.05, 0) is 48.5 Å². The van der Waals surface area contributed by atoms with Gasteiger partial charge in [0.05, 0.1) is 21.4 Å². The van der Waals surface area contributed by atoms with Gasteiger partial charge in [0, 0.05) is 22.5 Å². The van der Waals surface area contributed by atoms with Crippen LogP contribution in [-0.2, 0) is 31.7 Å². The number of carbonyl (C=O) groups is 2. The van der Waals surface area contributed by atoms with E-state index in [2.05, 4.69) is 20.0 Å². The van der Waals surface area contributed by atoms with Gasteiger partial charge in [-0.3, -0.25) is 9.59 Å². The molecule has 6 rings (SSSR count). The highest BCUT2D eigenvalue weighted by atomic mass is 32.2. The summed E-state index contributed by atoms with van der Waals surface area (Å²) in [4.78, 5) is 46.5. The number of anilines is 2. The number of carbonyl (C=O) groups excluding carboxylic acids is 2. The summed E-state index contributed by atoms with van der Waals surface area (Å²) in [6.45, 7) is 0. The first-order chi connectivity index (χ1) is 18.3. The van der Waals surface area contributed by atoms with Crippen LogP contribution in [0.5, 0.6) is 0 Å². The molecule has 2 aliphatic rings. The Balaban J connectivity index is 1.51. The van der Waals surface area contributed by atoms with Crippen molar-refractivity contribution in [3.05, 3.63) is 130 Å². The first-order valence-corrected chi connectivity index (χ1v) is 12.8. The van der Waals surface area contributed by atoms with Crippen LogP contribution in [0.4, 0.5) is 11.4 Å². The molecule has 0 bridgehead atoms. The Morgan fingerprint density at radius 3 is 1.11 bits per heavy atom. The molecule has 2 heterocycles. The predicted octanol–water partition coefficient (Wildman–Crippen LogP) is 0.565. The molecular formula is C28H20N6O3S. The van der Waals surface area contributed by atoms with Gasteiger partial charge in [-0.1, -0.05) is 48.5 Å². The standard InChI is InChI=1S/C28H20N6O3S/c29-19-13-9-17(10-14-19)27(31-21-5-1-2-6-22(21)32-27)25(35)38(37)26(36)28(18-11-15-20(30)16-12-18)33-23-7-3-4-8-24(23)34-28/h1-16H,29-30H2. The molecular weight excluding hydrogens is 500 g/mol. The minimum absolute atomic E-state index is 0.333. The number of nitrogens with zero attached hydrogens (tertiary/aromatic N) is 4. The van der Waals surface area contributed by atoms with E-state index < -0.39 is 32.4 Å². The Morgan fingerprint density at radius 1 is 0.526 bits per heavy atom. The minimum Gasteiger partial charge on any atom is -0.399 e. The molecule has 0 atom stereocenters. The van der Waals surface area contributed by atoms with Crippen LogP contribution in [0.15, 0.2) is 117 Å². The van der Waals surface area contributed by atoms with Gasteiger partial charge in [-0.15, -0.1) is 0 Å². The van der Waals surface area contributed by atoms with Crippen molar-refractivity contribution in [2.24, 2.45) is 20.0 Å². The van der Waals surface area contributed by atoms with Crippen LogP contribution in [0.25, 0.3) is 0 Å². The number of para-hydroxylation sites is 4. The number of nitrogen functional groups attached to an aromatic ring is 2. The number of fused-ring (bicyclic) bond motifs is 2. The molecule has 0 spiro atoms. The van der Waals surface area contributed by atoms with E-state index in [9.17, 15) is 13.8 Å². The van der Waals surface area contributed by atoms with E-state index in [1.54, 1.807) is 97.1 Å². The molecule has 0 unspecified atom stereocenters. The molecule has 0 amide bonds. The van der Waals surface area contributed by atoms with E-state index in [1.165, 1.54) is 0 Å². The lowest BCUT2D eigenvalue weighted by atomic mass is 10.0. The molecule has 0 aliphatic carbocycles. The Kier molecular flexibility index (Phi) is 5.35. The molecule has 10 heteroatoms. The van der Waals surface area contributed by atoms with Gasteiger partial charge in [0.25, 0.3) is 10.2 Å². The highest BCUT2D eigenvalue weighted by Gasteiger charge is 2.53. The van der Waals surface area contributed by atoms with E-state index in [0.717, 1.165) is 0 Å². The zero-order valence-electron chi connectivity index (χ0n) is 19.8. The van der Waals surface area contributed by atoms with E-state index in [0.29, 0.717) is 43.9 Å². The SMILES string of the molecule is Nc1ccc(C2(C(=O)S(=O)C(=O)C3(c4ccc(N)cc4)N=c4ccccc4=N3)N=c3ccccc3=N2)cc1. The van der Waals surface area contributed by atoms with Crippen LogP contribution in [0, 0.1) is 0 Å². The number of hydrogen-bond donors (Lipinski definition) is 2. The van der Waals surface area contributed by atoms with Gasteiger partial charge in [0.1, 0.15) is 0 Å². The van der Waals surface area contributed by atoms with Crippen molar-refractivity contribution in [2.45, 2.75) is 11.3 Å². The lowest BCUT2D eigenvalue weighted by Gasteiger charge is -2.25. The van der Waals surface area contributed by atoms with E-state index in [-0.39, 0.29) is 0 Å². The van der Waals surface area contributed by atoms with Crippen molar-refractivity contribution in [3.8, 4) is 0 Å². The summed E-state index contributed by atoms with van der Waals surface area (Å²) in [5.74, 6) is 0. The first-order valence-electron chi connectivity index (χ1n) is 11.6. The molecule has 0 fully saturated rings. The van der Waals surface area contributed by atoms with Gasteiger partial charge in [-0.2, -0.15) is 0 Å². The number of benzene rings is 4. The molecule has 0 aromatic heterocycles. The third-order valence-electron chi connectivity index (χ3n) is 6.42. The largest absolute Gasteiger partial charge is 0.399 e. The van der Waals surface area contributed by atoms with Crippen molar-refractivity contribution in [3.63, 3.8) is 0 Å². The molecule has 4 aromatic rings. The molecule has 0 saturated heterocycles. The summed E-state index contributed by atoms with van der Waals surface area (Å²) in [6.07, 6.45) is 0. The van der Waals surface area contributed by atoms with Crippen LogP contribution in [0.1, 0.15) is 11.1 Å². The molecule has 9 nitrogen and oxygen atoms in total. The van der Waals surface area contributed by atoms with Gasteiger partial charge in [0.2, 0.25) is 11.3 Å². The third kappa shape index (κ3) is 3.57. The second-order valence-corrected chi connectivity index (χ2v) is 10.1. The zero-order chi connectivity index (χ0) is 26.5. The average Bonchev–Trinajstić information content (AvgIpc) is 3.53. The highest BCUT2D eigenvalue weighted by Crippen LogP contribution is 2.36. The van der Waals surface area contributed by atoms with Crippen molar-refractivity contribution >= 4 is 32.4 Å². The number of hydrogen-bond acceptors (Lipinski definition) is 9. The summed E-state index contributed by atoms with van der Waals surface area (Å²) in [6, 6.07) is 26.5. The summed E-state index contributed by atoms with van der Waals surface area (Å²) >= 11 is 0. The maximum Gasteiger partial charge on any atom is 0.281 e. The maximum absolute atomic E-state index is 14.1. The van der Waals surface area contributed by atoms with Crippen LogP contribution in [0.3, 0.4) is 0 Å². The highest BCUT2D eigenvalue weighted by molar-refractivity contribution is 8.13. The normalized spacial score (nSPS) is 15.8. The molecule has 186 valence electrons. The molecule has 38 heavy (non-hydrogen) atoms. The number of nitrogens with two attached hydrogens (primary N) is 2. The van der Waals surface area contributed by atoms with E-state index in [1.807, 2.05) is 0 Å². The summed E-state index contributed by atoms with van der Waals surface area (Å²) in [5.41, 5.74) is 9.44. The van der Waals surface area contributed by atoms with Crippen LogP contribution < -0.4 is 32.9 Å².